The predicted molar refractivity (Wildman–Crippen MR) is 107 cm³/mol. The highest BCUT2D eigenvalue weighted by Gasteiger charge is 2.10. The lowest BCUT2D eigenvalue weighted by Crippen LogP contribution is -2.34. The number of hydrogen-bond acceptors (Lipinski definition) is 7. The molecule has 2 aromatic heterocycles. The maximum atomic E-state index is 12.1. The Morgan fingerprint density at radius 2 is 2.00 bits per heavy atom. The lowest BCUT2D eigenvalue weighted by atomic mass is 10.1. The zero-order valence-electron chi connectivity index (χ0n) is 16.6. The summed E-state index contributed by atoms with van der Waals surface area (Å²) in [5.74, 6) is 0.791. The Morgan fingerprint density at radius 1 is 1.17 bits per heavy atom. The lowest BCUT2D eigenvalue weighted by Gasteiger charge is -2.12. The lowest BCUT2D eigenvalue weighted by molar-refractivity contribution is -0.123. The summed E-state index contributed by atoms with van der Waals surface area (Å²) < 4.78 is 13.6. The summed E-state index contributed by atoms with van der Waals surface area (Å²) in [6.07, 6.45) is 4.90. The van der Waals surface area contributed by atoms with Gasteiger partial charge in [-0.3, -0.25) is 19.0 Å². The molecule has 3 aromatic rings. The number of ether oxygens (including phenoxy) is 2. The second kappa shape index (κ2) is 9.50. The number of nitrogens with zero attached hydrogens (tertiary/aromatic N) is 4. The molecule has 0 bridgehead atoms. The molecule has 0 atom stereocenters. The van der Waals surface area contributed by atoms with E-state index in [1.165, 1.54) is 24.8 Å². The molecule has 0 aliphatic heterocycles. The highest BCUT2D eigenvalue weighted by atomic mass is 16.5. The van der Waals surface area contributed by atoms with Gasteiger partial charge in [0.05, 0.1) is 13.7 Å². The molecule has 0 spiro atoms. The smallest absolute Gasteiger partial charge is 0.266 e. The van der Waals surface area contributed by atoms with Crippen LogP contribution in [0.3, 0.4) is 0 Å². The molecule has 0 aliphatic rings. The van der Waals surface area contributed by atoms with Crippen LogP contribution in [-0.4, -0.2) is 51.3 Å². The molecule has 30 heavy (non-hydrogen) atoms. The summed E-state index contributed by atoms with van der Waals surface area (Å²) >= 11 is 0. The van der Waals surface area contributed by atoms with Gasteiger partial charge >= 0.3 is 0 Å². The van der Waals surface area contributed by atoms with E-state index in [0.29, 0.717) is 22.9 Å². The first-order valence-electron chi connectivity index (χ1n) is 9.13. The molecular weight excluding hydrogens is 390 g/mol. The van der Waals surface area contributed by atoms with Crippen LogP contribution in [0.25, 0.3) is 5.82 Å². The van der Waals surface area contributed by atoms with Gasteiger partial charge in [-0.1, -0.05) is 0 Å². The molecule has 0 fully saturated rings. The minimum absolute atomic E-state index is 0.0986. The fraction of sp³-hybridized carbons (Fsp3) is 0.250. The Bertz CT molecular complexity index is 1090. The molecular formula is C20H21N5O5. The van der Waals surface area contributed by atoms with Gasteiger partial charge in [0, 0.05) is 30.6 Å². The Labute approximate surface area is 172 Å². The second-order valence-electron chi connectivity index (χ2n) is 6.28. The van der Waals surface area contributed by atoms with E-state index in [9.17, 15) is 14.4 Å². The number of carbonyl (C=O) groups excluding carboxylic acids is 2. The number of Topliss-reactive ketones (excluding diaryl/α,β-unsaturated/α-hetero) is 1. The van der Waals surface area contributed by atoms with Crippen molar-refractivity contribution in [1.29, 1.82) is 0 Å². The van der Waals surface area contributed by atoms with Gasteiger partial charge in [-0.25, -0.2) is 9.67 Å². The zero-order chi connectivity index (χ0) is 21.5. The summed E-state index contributed by atoms with van der Waals surface area (Å²) in [6, 6.07) is 7.74. The van der Waals surface area contributed by atoms with Crippen molar-refractivity contribution < 1.29 is 19.1 Å². The Kier molecular flexibility index (Phi) is 6.58. The molecule has 1 amide bonds. The number of aromatic nitrogens is 4. The van der Waals surface area contributed by atoms with Crippen LogP contribution in [0.5, 0.6) is 11.5 Å². The molecule has 156 valence electrons. The average Bonchev–Trinajstić information content (AvgIpc) is 3.28. The van der Waals surface area contributed by atoms with Gasteiger partial charge < -0.3 is 14.8 Å². The minimum atomic E-state index is -0.369. The maximum Gasteiger partial charge on any atom is 0.266 e. The van der Waals surface area contributed by atoms with Crippen LogP contribution in [0.4, 0.5) is 0 Å². The number of hydrogen-bond donors (Lipinski definition) is 1. The van der Waals surface area contributed by atoms with Crippen molar-refractivity contribution in [3.63, 3.8) is 0 Å². The van der Waals surface area contributed by atoms with Gasteiger partial charge in [0.2, 0.25) is 0 Å². The number of benzene rings is 1. The summed E-state index contributed by atoms with van der Waals surface area (Å²) in [5, 5.41) is 6.92. The van der Waals surface area contributed by atoms with Crippen molar-refractivity contribution in [3.05, 3.63) is 65.0 Å². The number of carbonyl (C=O) groups is 2. The van der Waals surface area contributed by atoms with Crippen LogP contribution >= 0.6 is 0 Å². The fourth-order valence-electron chi connectivity index (χ4n) is 2.63. The largest absolute Gasteiger partial charge is 0.493 e. The average molecular weight is 411 g/mol. The van der Waals surface area contributed by atoms with Crippen LogP contribution < -0.4 is 20.3 Å². The van der Waals surface area contributed by atoms with Crippen LogP contribution in [-0.2, 0) is 11.3 Å². The van der Waals surface area contributed by atoms with E-state index in [-0.39, 0.29) is 36.9 Å². The van der Waals surface area contributed by atoms with Crippen LogP contribution in [0.15, 0.2) is 53.8 Å². The van der Waals surface area contributed by atoms with Crippen LogP contribution in [0.2, 0.25) is 0 Å². The molecule has 3 rings (SSSR count). The number of nitrogens with one attached hydrogen (secondary N) is 1. The maximum absolute atomic E-state index is 12.1. The summed E-state index contributed by atoms with van der Waals surface area (Å²) in [6.45, 7) is 1.61. The van der Waals surface area contributed by atoms with E-state index in [4.69, 9.17) is 9.47 Å². The molecule has 1 aromatic carbocycles. The first-order valence-corrected chi connectivity index (χ1v) is 9.13. The quantitative estimate of drug-likeness (QED) is 0.518. The van der Waals surface area contributed by atoms with Crippen LogP contribution in [0, 0.1) is 0 Å². The van der Waals surface area contributed by atoms with Crippen molar-refractivity contribution >= 4 is 11.7 Å². The first kappa shape index (κ1) is 20.8. The van der Waals surface area contributed by atoms with Gasteiger partial charge in [-0.2, -0.15) is 5.10 Å². The number of rotatable bonds is 9. The number of ketones is 1. The molecule has 10 heteroatoms. The van der Waals surface area contributed by atoms with Gasteiger partial charge in [-0.05, 0) is 31.2 Å². The van der Waals surface area contributed by atoms with Crippen LogP contribution in [0.1, 0.15) is 17.3 Å². The standard InChI is InChI=1S/C20H21N5O5/c1-14(26)15-3-4-16(17(11-15)29-2)30-12-19(27)22-8-10-25-20(28)6-5-18(23-25)24-9-7-21-13-24/h3-7,9,11,13H,8,10,12H2,1-2H3,(H,22,27). The summed E-state index contributed by atoms with van der Waals surface area (Å²) in [4.78, 5) is 39.4. The molecule has 2 heterocycles. The number of methoxy groups -OCH3 is 1. The number of imidazole rings is 1. The topological polar surface area (TPSA) is 117 Å². The molecule has 0 saturated heterocycles. The highest BCUT2D eigenvalue weighted by Crippen LogP contribution is 2.28. The summed E-state index contributed by atoms with van der Waals surface area (Å²) in [5.41, 5.74) is 0.208. The fourth-order valence-corrected chi connectivity index (χ4v) is 2.63. The third-order valence-electron chi connectivity index (χ3n) is 4.20. The minimum Gasteiger partial charge on any atom is -0.493 e. The monoisotopic (exact) mass is 411 g/mol. The van der Waals surface area contributed by atoms with E-state index in [1.807, 2.05) is 0 Å². The molecule has 0 radical (unpaired) electrons. The molecule has 0 unspecified atom stereocenters. The van der Waals surface area contributed by atoms with E-state index in [1.54, 1.807) is 47.6 Å². The normalized spacial score (nSPS) is 10.5. The Morgan fingerprint density at radius 3 is 2.70 bits per heavy atom. The highest BCUT2D eigenvalue weighted by molar-refractivity contribution is 5.94. The van der Waals surface area contributed by atoms with Gasteiger partial charge in [0.15, 0.2) is 29.7 Å². The third kappa shape index (κ3) is 5.10. The SMILES string of the molecule is COc1cc(C(C)=O)ccc1OCC(=O)NCCn1nc(-n2ccnc2)ccc1=O. The van der Waals surface area contributed by atoms with E-state index >= 15 is 0 Å². The molecule has 0 saturated carbocycles. The van der Waals surface area contributed by atoms with E-state index in [0.717, 1.165) is 0 Å². The number of amides is 1. The van der Waals surface area contributed by atoms with Crippen molar-refractivity contribution in [2.45, 2.75) is 13.5 Å². The first-order chi connectivity index (χ1) is 14.5. The van der Waals surface area contributed by atoms with Gasteiger partial charge in [-0.15, -0.1) is 0 Å². The summed E-state index contributed by atoms with van der Waals surface area (Å²) in [7, 11) is 1.45. The van der Waals surface area contributed by atoms with Gasteiger partial charge in [0.1, 0.15) is 6.33 Å². The van der Waals surface area contributed by atoms with Crippen molar-refractivity contribution in [2.75, 3.05) is 20.3 Å². The Balaban J connectivity index is 1.53. The molecule has 1 N–H and O–H groups in total. The Hall–Kier alpha value is -3.95. The predicted octanol–water partition coefficient (Wildman–Crippen LogP) is 0.835. The molecule has 0 aliphatic carbocycles. The van der Waals surface area contributed by atoms with Crippen molar-refractivity contribution in [2.24, 2.45) is 0 Å². The molecule has 10 nitrogen and oxygen atoms in total. The second-order valence-corrected chi connectivity index (χ2v) is 6.28. The van der Waals surface area contributed by atoms with E-state index in [2.05, 4.69) is 15.4 Å². The van der Waals surface area contributed by atoms with Gasteiger partial charge in [0.25, 0.3) is 11.5 Å². The van der Waals surface area contributed by atoms with E-state index < -0.39 is 0 Å². The van der Waals surface area contributed by atoms with Crippen molar-refractivity contribution in [3.8, 4) is 17.3 Å². The zero-order valence-corrected chi connectivity index (χ0v) is 16.6. The van der Waals surface area contributed by atoms with Crippen molar-refractivity contribution in [1.82, 2.24) is 24.6 Å². The third-order valence-corrected chi connectivity index (χ3v) is 4.20.